The smallest absolute Gasteiger partial charge is 0.408 e. The molecular formula is C29H33N3O6. The van der Waals surface area contributed by atoms with Gasteiger partial charge in [-0.2, -0.15) is 0 Å². The second kappa shape index (κ2) is 13.7. The Hall–Kier alpha value is -4.53. The molecule has 0 aromatic heterocycles. The van der Waals surface area contributed by atoms with E-state index in [4.69, 9.17) is 14.2 Å². The predicted molar refractivity (Wildman–Crippen MR) is 144 cm³/mol. The maximum Gasteiger partial charge on any atom is 0.408 e. The van der Waals surface area contributed by atoms with Crippen molar-refractivity contribution in [3.8, 4) is 11.5 Å². The zero-order valence-electron chi connectivity index (χ0n) is 21.7. The van der Waals surface area contributed by atoms with Crippen molar-refractivity contribution in [1.82, 2.24) is 10.6 Å². The van der Waals surface area contributed by atoms with Crippen molar-refractivity contribution in [2.24, 2.45) is 0 Å². The maximum absolute atomic E-state index is 13.0. The minimum atomic E-state index is -0.978. The lowest BCUT2D eigenvalue weighted by atomic mass is 10.2. The van der Waals surface area contributed by atoms with E-state index in [1.807, 2.05) is 60.7 Å². The molecular weight excluding hydrogens is 486 g/mol. The first-order valence-electron chi connectivity index (χ1n) is 12.3. The Bertz CT molecular complexity index is 1180. The summed E-state index contributed by atoms with van der Waals surface area (Å²) in [6, 6.07) is 24.4. The van der Waals surface area contributed by atoms with Crippen molar-refractivity contribution >= 4 is 23.8 Å². The fourth-order valence-electron chi connectivity index (χ4n) is 3.27. The molecule has 38 heavy (non-hydrogen) atoms. The first-order valence-corrected chi connectivity index (χ1v) is 12.3. The fraction of sp³-hybridized carbons (Fsp3) is 0.276. The van der Waals surface area contributed by atoms with E-state index in [1.54, 1.807) is 45.0 Å². The molecule has 0 fully saturated rings. The number of alkyl carbamates (subject to hydrolysis) is 2. The Morgan fingerprint density at radius 3 is 2.03 bits per heavy atom. The molecule has 3 aromatic rings. The normalized spacial score (nSPS) is 11.6. The van der Waals surface area contributed by atoms with Gasteiger partial charge in [-0.15, -0.1) is 0 Å². The number of benzene rings is 3. The lowest BCUT2D eigenvalue weighted by Gasteiger charge is -2.21. The van der Waals surface area contributed by atoms with Crippen LogP contribution in [0.2, 0.25) is 0 Å². The van der Waals surface area contributed by atoms with E-state index in [0.29, 0.717) is 17.2 Å². The number of carbonyl (C=O) groups is 3. The van der Waals surface area contributed by atoms with Gasteiger partial charge in [-0.3, -0.25) is 4.79 Å². The van der Waals surface area contributed by atoms with Crippen LogP contribution in [0.25, 0.3) is 0 Å². The summed E-state index contributed by atoms with van der Waals surface area (Å²) in [5.41, 5.74) is 0.671. The molecule has 0 aliphatic carbocycles. The van der Waals surface area contributed by atoms with E-state index in [9.17, 15) is 14.4 Å². The number of hydrogen-bond acceptors (Lipinski definition) is 6. The number of amides is 3. The van der Waals surface area contributed by atoms with Gasteiger partial charge >= 0.3 is 12.2 Å². The third-order valence-electron chi connectivity index (χ3n) is 5.02. The number of anilines is 1. The lowest BCUT2D eigenvalue weighted by molar-refractivity contribution is -0.118. The summed E-state index contributed by atoms with van der Waals surface area (Å²) >= 11 is 0. The minimum absolute atomic E-state index is 0.0556. The molecule has 0 saturated carbocycles. The number of para-hydroxylation sites is 1. The summed E-state index contributed by atoms with van der Waals surface area (Å²) in [5, 5.41) is 7.96. The molecule has 0 aliphatic heterocycles. The number of rotatable bonds is 10. The highest BCUT2D eigenvalue weighted by molar-refractivity contribution is 5.96. The van der Waals surface area contributed by atoms with E-state index >= 15 is 0 Å². The molecule has 0 radical (unpaired) electrons. The SMILES string of the molecule is CC(C)(C)OC(=O)NCCC(NC(=O)OCc1ccccc1)C(=O)Nc1ccc(Oc2ccccc2)cc1. The van der Waals surface area contributed by atoms with Crippen molar-refractivity contribution < 1.29 is 28.6 Å². The number of ether oxygens (including phenoxy) is 3. The van der Waals surface area contributed by atoms with Crippen LogP contribution >= 0.6 is 0 Å². The van der Waals surface area contributed by atoms with Gasteiger partial charge < -0.3 is 30.2 Å². The van der Waals surface area contributed by atoms with Crippen LogP contribution in [-0.2, 0) is 20.9 Å². The van der Waals surface area contributed by atoms with E-state index in [0.717, 1.165) is 5.56 Å². The van der Waals surface area contributed by atoms with Crippen LogP contribution in [-0.4, -0.2) is 36.3 Å². The van der Waals surface area contributed by atoms with Crippen molar-refractivity contribution in [3.63, 3.8) is 0 Å². The molecule has 0 spiro atoms. The minimum Gasteiger partial charge on any atom is -0.457 e. The molecule has 3 N–H and O–H groups in total. The average molecular weight is 520 g/mol. The second-order valence-electron chi connectivity index (χ2n) is 9.40. The summed E-state index contributed by atoms with van der Waals surface area (Å²) in [6.45, 7) is 5.41. The topological polar surface area (TPSA) is 115 Å². The standard InChI is InChI=1S/C29H33N3O6/c1-29(2,3)38-27(34)30-19-18-25(32-28(35)36-20-21-10-6-4-7-11-21)26(33)31-22-14-16-24(17-15-22)37-23-12-8-5-9-13-23/h4-17,25H,18-20H2,1-3H3,(H,30,34)(H,31,33)(H,32,35). The van der Waals surface area contributed by atoms with Crippen LogP contribution < -0.4 is 20.7 Å². The lowest BCUT2D eigenvalue weighted by Crippen LogP contribution is -2.46. The molecule has 200 valence electrons. The first kappa shape index (κ1) is 28.0. The van der Waals surface area contributed by atoms with Crippen LogP contribution in [0.15, 0.2) is 84.9 Å². The summed E-state index contributed by atoms with van der Waals surface area (Å²) < 4.78 is 16.3. The molecule has 0 bridgehead atoms. The molecule has 1 atom stereocenters. The molecule has 3 rings (SSSR count). The Morgan fingerprint density at radius 1 is 0.789 bits per heavy atom. The largest absolute Gasteiger partial charge is 0.457 e. The van der Waals surface area contributed by atoms with E-state index in [2.05, 4.69) is 16.0 Å². The molecule has 9 nitrogen and oxygen atoms in total. The summed E-state index contributed by atoms with van der Waals surface area (Å²) in [6.07, 6.45) is -1.25. The zero-order valence-corrected chi connectivity index (χ0v) is 21.7. The van der Waals surface area contributed by atoms with Gasteiger partial charge in [0.1, 0.15) is 29.7 Å². The van der Waals surface area contributed by atoms with Gasteiger partial charge in [0.2, 0.25) is 5.91 Å². The Morgan fingerprint density at radius 2 is 1.39 bits per heavy atom. The van der Waals surface area contributed by atoms with Gasteiger partial charge in [0.15, 0.2) is 0 Å². The summed E-state index contributed by atoms with van der Waals surface area (Å²) in [5.74, 6) is 0.833. The molecule has 9 heteroatoms. The Balaban J connectivity index is 1.59. The predicted octanol–water partition coefficient (Wildman–Crippen LogP) is 5.63. The van der Waals surface area contributed by atoms with Crippen molar-refractivity contribution in [1.29, 1.82) is 0 Å². The molecule has 0 aliphatic rings. The molecule has 3 amide bonds. The Kier molecular flexibility index (Phi) is 10.1. The van der Waals surface area contributed by atoms with Crippen LogP contribution in [0.5, 0.6) is 11.5 Å². The van der Waals surface area contributed by atoms with Crippen molar-refractivity contribution in [3.05, 3.63) is 90.5 Å². The highest BCUT2D eigenvalue weighted by Crippen LogP contribution is 2.22. The quantitative estimate of drug-likeness (QED) is 0.320. The van der Waals surface area contributed by atoms with E-state index in [1.165, 1.54) is 0 Å². The number of nitrogens with one attached hydrogen (secondary N) is 3. The summed E-state index contributed by atoms with van der Waals surface area (Å²) in [4.78, 5) is 37.5. The Labute approximate surface area is 222 Å². The second-order valence-corrected chi connectivity index (χ2v) is 9.40. The van der Waals surface area contributed by atoms with Crippen molar-refractivity contribution in [2.45, 2.75) is 45.4 Å². The first-order chi connectivity index (χ1) is 18.2. The molecule has 1 unspecified atom stereocenters. The average Bonchev–Trinajstić information content (AvgIpc) is 2.88. The van der Waals surface area contributed by atoms with E-state index in [-0.39, 0.29) is 19.6 Å². The van der Waals surface area contributed by atoms with Gasteiger partial charge in [0.05, 0.1) is 0 Å². The van der Waals surface area contributed by atoms with Gasteiger partial charge in [-0.1, -0.05) is 48.5 Å². The number of hydrogen-bond donors (Lipinski definition) is 3. The third-order valence-corrected chi connectivity index (χ3v) is 5.02. The van der Waals surface area contributed by atoms with Gasteiger partial charge in [0, 0.05) is 12.2 Å². The van der Waals surface area contributed by atoms with Crippen molar-refractivity contribution in [2.75, 3.05) is 11.9 Å². The number of carbonyl (C=O) groups excluding carboxylic acids is 3. The monoisotopic (exact) mass is 519 g/mol. The highest BCUT2D eigenvalue weighted by Gasteiger charge is 2.23. The fourth-order valence-corrected chi connectivity index (χ4v) is 3.27. The van der Waals surface area contributed by atoms with Gasteiger partial charge in [0.25, 0.3) is 0 Å². The van der Waals surface area contributed by atoms with Gasteiger partial charge in [-0.05, 0) is 69.2 Å². The van der Waals surface area contributed by atoms with E-state index < -0.39 is 29.7 Å². The molecule has 0 heterocycles. The highest BCUT2D eigenvalue weighted by atomic mass is 16.6. The van der Waals surface area contributed by atoms with Crippen LogP contribution in [0.4, 0.5) is 15.3 Å². The zero-order chi connectivity index (χ0) is 27.4. The van der Waals surface area contributed by atoms with Crippen LogP contribution in [0.3, 0.4) is 0 Å². The molecule has 3 aromatic carbocycles. The van der Waals surface area contributed by atoms with Crippen LogP contribution in [0.1, 0.15) is 32.8 Å². The van der Waals surface area contributed by atoms with Gasteiger partial charge in [-0.25, -0.2) is 9.59 Å². The molecule has 0 saturated heterocycles. The maximum atomic E-state index is 13.0. The third kappa shape index (κ3) is 10.2. The van der Waals surface area contributed by atoms with Crippen LogP contribution in [0, 0.1) is 0 Å². The summed E-state index contributed by atoms with van der Waals surface area (Å²) in [7, 11) is 0.